The first-order valence-electron chi connectivity index (χ1n) is 10.0. The molecule has 3 aromatic rings. The molecule has 1 aliphatic rings. The highest BCUT2D eigenvalue weighted by molar-refractivity contribution is 6.30. The normalized spacial score (nSPS) is 20.4. The number of hydrogen-bond acceptors (Lipinski definition) is 4. The van der Waals surface area contributed by atoms with Crippen molar-refractivity contribution in [2.45, 2.75) is 64.1 Å². The second-order valence-corrected chi connectivity index (χ2v) is 9.17. The van der Waals surface area contributed by atoms with E-state index >= 15 is 0 Å². The maximum Gasteiger partial charge on any atom is 0.154 e. The van der Waals surface area contributed by atoms with Crippen LogP contribution in [0.2, 0.25) is 5.02 Å². The minimum atomic E-state index is 0.176. The fraction of sp³-hybridized carbons (Fsp3) is 0.455. The van der Waals surface area contributed by atoms with Crippen molar-refractivity contribution in [3.63, 3.8) is 0 Å². The van der Waals surface area contributed by atoms with E-state index in [1.165, 1.54) is 12.8 Å². The van der Waals surface area contributed by atoms with Crippen LogP contribution in [0.25, 0.3) is 16.9 Å². The lowest BCUT2D eigenvalue weighted by molar-refractivity contribution is 0.286. The van der Waals surface area contributed by atoms with Crippen LogP contribution in [-0.4, -0.2) is 32.2 Å². The third-order valence-corrected chi connectivity index (χ3v) is 5.43. The molecule has 1 saturated carbocycles. The first kappa shape index (κ1) is 19.2. The summed E-state index contributed by atoms with van der Waals surface area (Å²) >= 11 is 6.16. The summed E-state index contributed by atoms with van der Waals surface area (Å²) in [5.74, 6) is 0.890. The Balaban J connectivity index is 1.48. The quantitative estimate of drug-likeness (QED) is 0.638. The number of hydrogen-bond donors (Lipinski definition) is 2. The summed E-state index contributed by atoms with van der Waals surface area (Å²) in [6.45, 7) is 6.71. The molecule has 0 radical (unpaired) electrons. The third-order valence-electron chi connectivity index (χ3n) is 5.20. The highest BCUT2D eigenvalue weighted by Gasteiger charge is 2.24. The highest BCUT2D eigenvalue weighted by Crippen LogP contribution is 2.26. The summed E-state index contributed by atoms with van der Waals surface area (Å²) in [4.78, 5) is 4.48. The predicted octanol–water partition coefficient (Wildman–Crippen LogP) is 5.16. The molecule has 0 atom stereocenters. The molecule has 0 spiro atoms. The van der Waals surface area contributed by atoms with E-state index in [9.17, 15) is 0 Å². The number of halogens is 1. The van der Waals surface area contributed by atoms with Crippen LogP contribution < -0.4 is 10.6 Å². The van der Waals surface area contributed by atoms with E-state index in [2.05, 4.69) is 36.4 Å². The van der Waals surface area contributed by atoms with E-state index in [1.54, 1.807) is 0 Å². The molecule has 1 aliphatic carbocycles. The van der Waals surface area contributed by atoms with Gasteiger partial charge in [0.2, 0.25) is 0 Å². The fourth-order valence-corrected chi connectivity index (χ4v) is 4.19. The molecule has 28 heavy (non-hydrogen) atoms. The Bertz CT molecular complexity index is 951. The van der Waals surface area contributed by atoms with Gasteiger partial charge in [0, 0.05) is 28.2 Å². The van der Waals surface area contributed by atoms with Crippen LogP contribution >= 0.6 is 11.6 Å². The van der Waals surface area contributed by atoms with Crippen LogP contribution in [0.1, 0.15) is 46.5 Å². The zero-order chi connectivity index (χ0) is 19.7. The van der Waals surface area contributed by atoms with Gasteiger partial charge in [-0.25, -0.2) is 9.50 Å². The van der Waals surface area contributed by atoms with Crippen LogP contribution in [0.3, 0.4) is 0 Å². The zero-order valence-electron chi connectivity index (χ0n) is 16.7. The van der Waals surface area contributed by atoms with E-state index in [0.717, 1.165) is 35.6 Å². The Labute approximate surface area is 171 Å². The van der Waals surface area contributed by atoms with Gasteiger partial charge in [-0.2, -0.15) is 0 Å². The van der Waals surface area contributed by atoms with Gasteiger partial charge in [-0.1, -0.05) is 23.7 Å². The molecule has 5 nitrogen and oxygen atoms in total. The topological polar surface area (TPSA) is 54.2 Å². The lowest BCUT2D eigenvalue weighted by atomic mass is 9.89. The van der Waals surface area contributed by atoms with Gasteiger partial charge in [-0.3, -0.25) is 0 Å². The lowest BCUT2D eigenvalue weighted by Crippen LogP contribution is -2.46. The first-order chi connectivity index (χ1) is 13.4. The Kier molecular flexibility index (Phi) is 5.30. The monoisotopic (exact) mass is 397 g/mol. The lowest BCUT2D eigenvalue weighted by Gasteiger charge is -2.34. The summed E-state index contributed by atoms with van der Waals surface area (Å²) in [5.41, 5.74) is 2.96. The Morgan fingerprint density at radius 3 is 2.50 bits per heavy atom. The van der Waals surface area contributed by atoms with Gasteiger partial charge in [0.15, 0.2) is 5.65 Å². The Morgan fingerprint density at radius 1 is 1.04 bits per heavy atom. The van der Waals surface area contributed by atoms with Crippen molar-refractivity contribution in [3.8, 4) is 11.3 Å². The summed E-state index contributed by atoms with van der Waals surface area (Å²) in [7, 11) is 0. The number of nitrogens with zero attached hydrogens (tertiary/aromatic N) is 3. The first-order valence-corrected chi connectivity index (χ1v) is 10.4. The average molecular weight is 398 g/mol. The van der Waals surface area contributed by atoms with Gasteiger partial charge in [0.25, 0.3) is 0 Å². The van der Waals surface area contributed by atoms with Crippen LogP contribution in [0, 0.1) is 0 Å². The average Bonchev–Trinajstić information content (AvgIpc) is 3.05. The SMILES string of the molecule is CC(C)(C)NC1CCC(Nc2ccc3ncc(-c4cccc(Cl)c4)n3n2)CC1. The molecule has 4 rings (SSSR count). The Morgan fingerprint density at radius 2 is 1.79 bits per heavy atom. The summed E-state index contributed by atoms with van der Waals surface area (Å²) in [5, 5.41) is 12.9. The molecule has 0 bridgehead atoms. The van der Waals surface area contributed by atoms with Gasteiger partial charge >= 0.3 is 0 Å². The minimum Gasteiger partial charge on any atom is -0.366 e. The van der Waals surface area contributed by atoms with Crippen LogP contribution in [-0.2, 0) is 0 Å². The molecule has 2 heterocycles. The second kappa shape index (κ2) is 7.72. The molecule has 1 fully saturated rings. The molecule has 1 aromatic carbocycles. The molecule has 148 valence electrons. The van der Waals surface area contributed by atoms with E-state index in [-0.39, 0.29) is 5.54 Å². The number of rotatable bonds is 4. The maximum atomic E-state index is 6.16. The van der Waals surface area contributed by atoms with E-state index in [0.29, 0.717) is 17.1 Å². The van der Waals surface area contributed by atoms with Gasteiger partial charge in [0.1, 0.15) is 5.82 Å². The van der Waals surface area contributed by atoms with Crippen molar-refractivity contribution in [3.05, 3.63) is 47.6 Å². The largest absolute Gasteiger partial charge is 0.366 e. The van der Waals surface area contributed by atoms with Crippen molar-refractivity contribution in [1.82, 2.24) is 19.9 Å². The highest BCUT2D eigenvalue weighted by atomic mass is 35.5. The number of aromatic nitrogens is 3. The van der Waals surface area contributed by atoms with Crippen LogP contribution in [0.5, 0.6) is 0 Å². The standard InChI is InChI=1S/C22H28ClN5/c1-22(2,3)26-18-9-7-17(8-10-18)25-20-11-12-21-24-14-19(28(21)27-20)15-5-4-6-16(23)13-15/h4-6,11-14,17-18,26H,7-10H2,1-3H3,(H,25,27). The number of fused-ring (bicyclic) bond motifs is 1. The van der Waals surface area contributed by atoms with Gasteiger partial charge < -0.3 is 10.6 Å². The molecule has 0 aliphatic heterocycles. The van der Waals surface area contributed by atoms with Crippen molar-refractivity contribution in [2.24, 2.45) is 0 Å². The third kappa shape index (κ3) is 4.47. The summed E-state index contributed by atoms with van der Waals surface area (Å²) in [6.07, 6.45) is 6.53. The fourth-order valence-electron chi connectivity index (χ4n) is 4.00. The summed E-state index contributed by atoms with van der Waals surface area (Å²) in [6, 6.07) is 12.9. The van der Waals surface area contributed by atoms with E-state index in [4.69, 9.17) is 16.7 Å². The smallest absolute Gasteiger partial charge is 0.154 e. The predicted molar refractivity (Wildman–Crippen MR) is 116 cm³/mol. The zero-order valence-corrected chi connectivity index (χ0v) is 17.5. The molecule has 0 amide bonds. The molecular formula is C22H28ClN5. The van der Waals surface area contributed by atoms with Crippen molar-refractivity contribution < 1.29 is 0 Å². The van der Waals surface area contributed by atoms with Gasteiger partial charge in [0.05, 0.1) is 11.9 Å². The van der Waals surface area contributed by atoms with E-state index < -0.39 is 0 Å². The van der Waals surface area contributed by atoms with Crippen LogP contribution in [0.15, 0.2) is 42.6 Å². The molecule has 0 unspecified atom stereocenters. The molecule has 6 heteroatoms. The van der Waals surface area contributed by atoms with Crippen LogP contribution in [0.4, 0.5) is 5.82 Å². The van der Waals surface area contributed by atoms with Crippen molar-refractivity contribution >= 4 is 23.1 Å². The van der Waals surface area contributed by atoms with Gasteiger partial charge in [-0.15, -0.1) is 5.10 Å². The van der Waals surface area contributed by atoms with E-state index in [1.807, 2.05) is 47.1 Å². The summed E-state index contributed by atoms with van der Waals surface area (Å²) < 4.78 is 1.89. The minimum absolute atomic E-state index is 0.176. The number of imidazole rings is 1. The number of anilines is 1. The number of nitrogens with one attached hydrogen (secondary N) is 2. The molecule has 0 saturated heterocycles. The van der Waals surface area contributed by atoms with Crippen molar-refractivity contribution in [1.29, 1.82) is 0 Å². The molecule has 2 aromatic heterocycles. The molecular weight excluding hydrogens is 370 g/mol. The number of benzene rings is 1. The van der Waals surface area contributed by atoms with Crippen molar-refractivity contribution in [2.75, 3.05) is 5.32 Å². The Hall–Kier alpha value is -2.11. The molecule has 2 N–H and O–H groups in total. The second-order valence-electron chi connectivity index (χ2n) is 8.73. The van der Waals surface area contributed by atoms with Gasteiger partial charge in [-0.05, 0) is 70.7 Å². The maximum absolute atomic E-state index is 6.16.